The predicted octanol–water partition coefficient (Wildman–Crippen LogP) is 4.30. The Hall–Kier alpha value is -0.350. The molecule has 0 radical (unpaired) electrons. The molecule has 0 fully saturated rings. The molecule has 2 nitrogen and oxygen atoms in total. The highest BCUT2D eigenvalue weighted by Gasteiger charge is 2.16. The van der Waals surface area contributed by atoms with E-state index in [4.69, 9.17) is 0 Å². The Morgan fingerprint density at radius 1 is 1.39 bits per heavy atom. The van der Waals surface area contributed by atoms with Gasteiger partial charge in [0.1, 0.15) is 0 Å². The summed E-state index contributed by atoms with van der Waals surface area (Å²) in [5.74, 6) is 0.546. The zero-order valence-corrected chi connectivity index (χ0v) is 14.1. The van der Waals surface area contributed by atoms with Gasteiger partial charge in [0.05, 0.1) is 5.56 Å². The molecule has 0 aliphatic rings. The van der Waals surface area contributed by atoms with Crippen molar-refractivity contribution in [2.75, 3.05) is 5.33 Å². The van der Waals surface area contributed by atoms with Gasteiger partial charge in [-0.2, -0.15) is 0 Å². The molecule has 0 spiro atoms. The summed E-state index contributed by atoms with van der Waals surface area (Å²) in [5, 5.41) is 3.84. The summed E-state index contributed by atoms with van der Waals surface area (Å²) in [6.07, 6.45) is 0.973. The van der Waals surface area contributed by atoms with Gasteiger partial charge in [0, 0.05) is 15.8 Å². The van der Waals surface area contributed by atoms with Crippen LogP contribution in [0.25, 0.3) is 0 Å². The molecule has 1 rings (SSSR count). The van der Waals surface area contributed by atoms with Crippen molar-refractivity contribution in [1.82, 2.24) is 5.32 Å². The second-order valence-electron chi connectivity index (χ2n) is 4.94. The number of alkyl halides is 1. The summed E-state index contributed by atoms with van der Waals surface area (Å²) >= 11 is 6.87. The number of halogens is 2. The molecule has 0 saturated carbocycles. The summed E-state index contributed by atoms with van der Waals surface area (Å²) in [6.45, 7) is 6.30. The van der Waals surface area contributed by atoms with Crippen molar-refractivity contribution in [3.8, 4) is 0 Å². The minimum atomic E-state index is -0.0179. The highest BCUT2D eigenvalue weighted by Crippen LogP contribution is 2.18. The molecule has 1 amide bonds. The Morgan fingerprint density at radius 3 is 2.61 bits per heavy atom. The van der Waals surface area contributed by atoms with Crippen molar-refractivity contribution in [2.24, 2.45) is 5.92 Å². The maximum Gasteiger partial charge on any atom is 0.252 e. The second-order valence-corrected chi connectivity index (χ2v) is 6.44. The zero-order valence-electron chi connectivity index (χ0n) is 11.0. The summed E-state index contributed by atoms with van der Waals surface area (Å²) in [7, 11) is 0. The summed E-state index contributed by atoms with van der Waals surface area (Å²) in [6, 6.07) is 5.97. The molecule has 100 valence electrons. The average Bonchev–Trinajstić information content (AvgIpc) is 2.30. The molecule has 1 atom stereocenters. The minimum Gasteiger partial charge on any atom is -0.348 e. The fourth-order valence-corrected chi connectivity index (χ4v) is 2.66. The Balaban J connectivity index is 2.77. The van der Waals surface area contributed by atoms with Gasteiger partial charge in [-0.1, -0.05) is 41.4 Å². The van der Waals surface area contributed by atoms with Crippen LogP contribution in [-0.4, -0.2) is 17.3 Å². The van der Waals surface area contributed by atoms with Gasteiger partial charge >= 0.3 is 0 Å². The largest absolute Gasteiger partial charge is 0.348 e. The number of benzene rings is 1. The van der Waals surface area contributed by atoms with E-state index in [1.807, 2.05) is 25.1 Å². The Labute approximate surface area is 126 Å². The third-order valence-corrected chi connectivity index (χ3v) is 4.12. The minimum absolute atomic E-state index is 0.0179. The number of carbonyl (C=O) groups is 1. The van der Waals surface area contributed by atoms with Crippen LogP contribution >= 0.6 is 31.9 Å². The molecule has 0 aliphatic heterocycles. The van der Waals surface area contributed by atoms with Crippen LogP contribution in [0.1, 0.15) is 36.2 Å². The van der Waals surface area contributed by atoms with Gasteiger partial charge in [0.15, 0.2) is 0 Å². The third kappa shape index (κ3) is 4.73. The Morgan fingerprint density at radius 2 is 2.06 bits per heavy atom. The van der Waals surface area contributed by atoms with E-state index in [2.05, 4.69) is 51.0 Å². The molecule has 1 aromatic rings. The van der Waals surface area contributed by atoms with E-state index < -0.39 is 0 Å². The lowest BCUT2D eigenvalue weighted by atomic mass is 10.0. The van der Waals surface area contributed by atoms with E-state index in [-0.39, 0.29) is 11.9 Å². The van der Waals surface area contributed by atoms with Crippen LogP contribution < -0.4 is 5.32 Å². The maximum absolute atomic E-state index is 12.2. The van der Waals surface area contributed by atoms with Crippen molar-refractivity contribution in [2.45, 2.75) is 33.2 Å². The van der Waals surface area contributed by atoms with E-state index in [0.29, 0.717) is 11.5 Å². The maximum atomic E-state index is 12.2. The van der Waals surface area contributed by atoms with Gasteiger partial charge in [0.25, 0.3) is 5.91 Å². The van der Waals surface area contributed by atoms with E-state index in [0.717, 1.165) is 21.8 Å². The second kappa shape index (κ2) is 7.29. The molecule has 0 aliphatic carbocycles. The topological polar surface area (TPSA) is 29.1 Å². The summed E-state index contributed by atoms with van der Waals surface area (Å²) in [5.41, 5.74) is 1.78. The first-order valence-electron chi connectivity index (χ1n) is 6.07. The normalized spacial score (nSPS) is 12.6. The van der Waals surface area contributed by atoms with Crippen LogP contribution in [0.3, 0.4) is 0 Å². The molecular weight excluding hydrogens is 358 g/mol. The number of carbonyl (C=O) groups excluding carboxylic acids is 1. The van der Waals surface area contributed by atoms with Gasteiger partial charge < -0.3 is 5.32 Å². The average molecular weight is 377 g/mol. The SMILES string of the molecule is Cc1ccc(Br)c(C(=O)NC(CBr)CC(C)C)c1. The number of hydrogen-bond acceptors (Lipinski definition) is 1. The van der Waals surface area contributed by atoms with Crippen LogP contribution in [0.2, 0.25) is 0 Å². The van der Waals surface area contributed by atoms with Gasteiger partial charge in [-0.3, -0.25) is 4.79 Å². The highest BCUT2D eigenvalue weighted by molar-refractivity contribution is 9.10. The molecule has 4 heteroatoms. The van der Waals surface area contributed by atoms with Crippen LogP contribution in [0.15, 0.2) is 22.7 Å². The number of rotatable bonds is 5. The zero-order chi connectivity index (χ0) is 13.7. The van der Waals surface area contributed by atoms with E-state index in [1.165, 1.54) is 0 Å². The first-order valence-corrected chi connectivity index (χ1v) is 7.98. The number of hydrogen-bond donors (Lipinski definition) is 1. The molecule has 0 aromatic heterocycles. The molecule has 0 bridgehead atoms. The van der Waals surface area contributed by atoms with E-state index >= 15 is 0 Å². The van der Waals surface area contributed by atoms with Crippen molar-refractivity contribution >= 4 is 37.8 Å². The van der Waals surface area contributed by atoms with Crippen molar-refractivity contribution in [3.63, 3.8) is 0 Å². The monoisotopic (exact) mass is 375 g/mol. The fourth-order valence-electron chi connectivity index (χ4n) is 1.81. The third-order valence-electron chi connectivity index (χ3n) is 2.64. The molecular formula is C14H19Br2NO. The number of aryl methyl sites for hydroxylation is 1. The van der Waals surface area contributed by atoms with Crippen LogP contribution in [0.5, 0.6) is 0 Å². The van der Waals surface area contributed by atoms with Gasteiger partial charge in [-0.15, -0.1) is 0 Å². The first kappa shape index (κ1) is 15.7. The molecule has 1 unspecified atom stereocenters. The quantitative estimate of drug-likeness (QED) is 0.762. The predicted molar refractivity (Wildman–Crippen MR) is 83.4 cm³/mol. The van der Waals surface area contributed by atoms with Gasteiger partial charge in [0.2, 0.25) is 0 Å². The van der Waals surface area contributed by atoms with Gasteiger partial charge in [-0.25, -0.2) is 0 Å². The van der Waals surface area contributed by atoms with Crippen LogP contribution in [-0.2, 0) is 0 Å². The Kier molecular flexibility index (Phi) is 6.36. The van der Waals surface area contributed by atoms with Crippen LogP contribution in [0.4, 0.5) is 0 Å². The van der Waals surface area contributed by atoms with Crippen LogP contribution in [0, 0.1) is 12.8 Å². The molecule has 0 heterocycles. The van der Waals surface area contributed by atoms with Gasteiger partial charge in [-0.05, 0) is 47.3 Å². The molecule has 0 saturated heterocycles. The van der Waals surface area contributed by atoms with Crippen molar-refractivity contribution in [1.29, 1.82) is 0 Å². The lowest BCUT2D eigenvalue weighted by Crippen LogP contribution is -2.37. The highest BCUT2D eigenvalue weighted by atomic mass is 79.9. The first-order chi connectivity index (χ1) is 8.43. The smallest absolute Gasteiger partial charge is 0.252 e. The fraction of sp³-hybridized carbons (Fsp3) is 0.500. The standard InChI is InChI=1S/C14H19Br2NO/c1-9(2)6-11(8-15)17-14(18)12-7-10(3)4-5-13(12)16/h4-5,7,9,11H,6,8H2,1-3H3,(H,17,18). The van der Waals surface area contributed by atoms with Crippen molar-refractivity contribution in [3.05, 3.63) is 33.8 Å². The number of nitrogens with one attached hydrogen (secondary N) is 1. The Bertz CT molecular complexity index is 418. The lowest BCUT2D eigenvalue weighted by molar-refractivity contribution is 0.0936. The summed E-state index contributed by atoms with van der Waals surface area (Å²) < 4.78 is 0.837. The molecule has 18 heavy (non-hydrogen) atoms. The van der Waals surface area contributed by atoms with E-state index in [9.17, 15) is 4.79 Å². The summed E-state index contributed by atoms with van der Waals surface area (Å²) in [4.78, 5) is 12.2. The number of amides is 1. The lowest BCUT2D eigenvalue weighted by Gasteiger charge is -2.18. The van der Waals surface area contributed by atoms with E-state index in [1.54, 1.807) is 0 Å². The molecule has 1 N–H and O–H groups in total. The van der Waals surface area contributed by atoms with Crippen molar-refractivity contribution < 1.29 is 4.79 Å². The molecule has 1 aromatic carbocycles.